The largest absolute Gasteiger partial charge is 0.337 e. The van der Waals surface area contributed by atoms with E-state index in [1.54, 1.807) is 7.41 Å². The van der Waals surface area contributed by atoms with E-state index in [9.17, 15) is 4.79 Å². The molecule has 1 rings (SSSR count). The minimum Gasteiger partial charge on any atom is -0.337 e. The van der Waals surface area contributed by atoms with Gasteiger partial charge < -0.3 is 9.61 Å². The van der Waals surface area contributed by atoms with Crippen molar-refractivity contribution in [2.24, 2.45) is 0 Å². The second-order valence-corrected chi connectivity index (χ2v) is 2.17. The summed E-state index contributed by atoms with van der Waals surface area (Å²) < 4.78 is 0. The molecule has 0 aromatic carbocycles. The molecule has 1 saturated heterocycles. The van der Waals surface area contributed by atoms with E-state index in [4.69, 9.17) is 0 Å². The van der Waals surface area contributed by atoms with Gasteiger partial charge in [0.25, 0.3) is 7.41 Å². The van der Waals surface area contributed by atoms with Crippen LogP contribution >= 0.6 is 0 Å². The van der Waals surface area contributed by atoms with Crippen LogP contribution in [-0.2, 0) is 4.79 Å². The molecule has 0 bridgehead atoms. The zero-order valence-electron chi connectivity index (χ0n) is 5.84. The molecule has 10 heavy (non-hydrogen) atoms. The highest BCUT2D eigenvalue weighted by Gasteiger charge is 2.07. The lowest BCUT2D eigenvalue weighted by Gasteiger charge is -2.13. The normalized spacial score (nSPS) is 21.6. The summed E-state index contributed by atoms with van der Waals surface area (Å²) in [7, 11) is 1.58. The first-order chi connectivity index (χ1) is 4.93. The minimum absolute atomic E-state index is 0.825. The van der Waals surface area contributed by atoms with Gasteiger partial charge in [-0.15, -0.1) is 0 Å². The van der Waals surface area contributed by atoms with Crippen LogP contribution in [-0.4, -0.2) is 44.6 Å². The van der Waals surface area contributed by atoms with E-state index in [2.05, 4.69) is 10.9 Å². The van der Waals surface area contributed by atoms with E-state index >= 15 is 0 Å². The van der Waals surface area contributed by atoms with Crippen molar-refractivity contribution in [1.82, 2.24) is 15.7 Å². The molecule has 1 heterocycles. The van der Waals surface area contributed by atoms with Crippen LogP contribution < -0.4 is 10.9 Å². The fourth-order valence-corrected chi connectivity index (χ4v) is 0.923. The standard InChI is InChI=1S/C5H11BN3O/c10-5-6-9-3-1-7-8-2-4-9/h5,7-8H,1-4H2. The maximum absolute atomic E-state index is 10.0. The number of rotatable bonds is 2. The number of hydrogen-bond acceptors (Lipinski definition) is 4. The number of nitrogens with zero attached hydrogens (tertiary/aromatic N) is 1. The van der Waals surface area contributed by atoms with Gasteiger partial charge in [0.15, 0.2) is 0 Å². The van der Waals surface area contributed by atoms with Gasteiger partial charge >= 0.3 is 0 Å². The molecule has 0 saturated carbocycles. The molecular weight excluding hydrogens is 129 g/mol. The SMILES string of the molecule is O=C[B]N1CCNNCC1. The Balaban J connectivity index is 2.21. The first-order valence-electron chi connectivity index (χ1n) is 3.42. The van der Waals surface area contributed by atoms with Crippen molar-refractivity contribution in [1.29, 1.82) is 0 Å². The predicted molar refractivity (Wildman–Crippen MR) is 40.1 cm³/mol. The molecule has 1 fully saturated rings. The van der Waals surface area contributed by atoms with Gasteiger partial charge in [0.2, 0.25) is 0 Å². The summed E-state index contributed by atoms with van der Waals surface area (Å²) in [6.45, 7) is 3.55. The van der Waals surface area contributed by atoms with Gasteiger partial charge in [-0.05, 0) is 0 Å². The number of hydrogen-bond donors (Lipinski definition) is 2. The van der Waals surface area contributed by atoms with E-state index in [-0.39, 0.29) is 0 Å². The van der Waals surface area contributed by atoms with Crippen LogP contribution in [0.25, 0.3) is 0 Å². The summed E-state index contributed by atoms with van der Waals surface area (Å²) >= 11 is 0. The van der Waals surface area contributed by atoms with Gasteiger partial charge in [0.05, 0.1) is 6.19 Å². The predicted octanol–water partition coefficient (Wildman–Crippen LogP) is -1.79. The average Bonchev–Trinajstić information content (AvgIpc) is 2.17. The summed E-state index contributed by atoms with van der Waals surface area (Å²) in [5.74, 6) is 0. The quantitative estimate of drug-likeness (QED) is 0.351. The number of carbonyl (C=O) groups excluding carboxylic acids is 1. The van der Waals surface area contributed by atoms with Crippen molar-refractivity contribution < 1.29 is 4.79 Å². The summed E-state index contributed by atoms with van der Waals surface area (Å²) in [4.78, 5) is 12.0. The summed E-state index contributed by atoms with van der Waals surface area (Å²) in [6.07, 6.45) is 0.825. The molecule has 5 heteroatoms. The Morgan fingerprint density at radius 1 is 1.30 bits per heavy atom. The third-order valence-electron chi connectivity index (χ3n) is 1.44. The summed E-state index contributed by atoms with van der Waals surface area (Å²) in [6, 6.07) is 0. The Bertz CT molecular complexity index is 103. The van der Waals surface area contributed by atoms with Gasteiger partial charge in [-0.1, -0.05) is 0 Å². The molecule has 1 aliphatic rings. The Morgan fingerprint density at radius 3 is 2.40 bits per heavy atom. The van der Waals surface area contributed by atoms with Crippen LogP contribution in [0.5, 0.6) is 0 Å². The van der Waals surface area contributed by atoms with Crippen LogP contribution in [0.1, 0.15) is 0 Å². The molecule has 4 nitrogen and oxygen atoms in total. The molecular formula is C5H11BN3O. The molecule has 55 valence electrons. The van der Waals surface area contributed by atoms with E-state index in [1.807, 2.05) is 4.81 Å². The third-order valence-corrected chi connectivity index (χ3v) is 1.44. The van der Waals surface area contributed by atoms with Gasteiger partial charge in [0, 0.05) is 26.2 Å². The Morgan fingerprint density at radius 2 is 1.90 bits per heavy atom. The molecule has 1 aliphatic heterocycles. The van der Waals surface area contributed by atoms with Crippen molar-refractivity contribution >= 4 is 13.6 Å². The third kappa shape index (κ3) is 2.47. The fourth-order valence-electron chi connectivity index (χ4n) is 0.923. The molecule has 0 atom stereocenters. The highest BCUT2D eigenvalue weighted by molar-refractivity contribution is 6.64. The highest BCUT2D eigenvalue weighted by Crippen LogP contribution is 1.83. The number of carbonyl (C=O) groups is 1. The molecule has 1 radical (unpaired) electrons. The highest BCUT2D eigenvalue weighted by atomic mass is 16.1. The van der Waals surface area contributed by atoms with Crippen molar-refractivity contribution in [3.05, 3.63) is 0 Å². The first-order valence-corrected chi connectivity index (χ1v) is 3.42. The smallest absolute Gasteiger partial charge is 0.293 e. The lowest BCUT2D eigenvalue weighted by Crippen LogP contribution is -2.33. The second kappa shape index (κ2) is 4.43. The van der Waals surface area contributed by atoms with E-state index in [1.165, 1.54) is 0 Å². The van der Waals surface area contributed by atoms with E-state index in [0.29, 0.717) is 0 Å². The zero-order chi connectivity index (χ0) is 7.23. The monoisotopic (exact) mass is 140 g/mol. The fraction of sp³-hybridized carbons (Fsp3) is 0.800. The van der Waals surface area contributed by atoms with Crippen LogP contribution in [0.15, 0.2) is 0 Å². The summed E-state index contributed by atoms with van der Waals surface area (Å²) in [5.41, 5.74) is 6.02. The van der Waals surface area contributed by atoms with Crippen LogP contribution in [0.2, 0.25) is 0 Å². The lowest BCUT2D eigenvalue weighted by atomic mass is 9.95. The number of hydrazine groups is 1. The lowest BCUT2D eigenvalue weighted by molar-refractivity contribution is 0.484. The van der Waals surface area contributed by atoms with Gasteiger partial charge in [-0.3, -0.25) is 10.9 Å². The van der Waals surface area contributed by atoms with Crippen molar-refractivity contribution in [2.45, 2.75) is 0 Å². The van der Waals surface area contributed by atoms with Gasteiger partial charge in [0.1, 0.15) is 0 Å². The molecule has 0 spiro atoms. The van der Waals surface area contributed by atoms with Gasteiger partial charge in [-0.25, -0.2) is 0 Å². The van der Waals surface area contributed by atoms with Crippen LogP contribution in [0, 0.1) is 0 Å². The topological polar surface area (TPSA) is 44.4 Å². The Kier molecular flexibility index (Phi) is 3.42. The molecule has 0 aromatic rings. The van der Waals surface area contributed by atoms with Gasteiger partial charge in [-0.2, -0.15) is 0 Å². The maximum atomic E-state index is 10.0. The Labute approximate surface area is 61.2 Å². The summed E-state index contributed by atoms with van der Waals surface area (Å²) in [5, 5.41) is 0. The van der Waals surface area contributed by atoms with E-state index in [0.717, 1.165) is 32.4 Å². The van der Waals surface area contributed by atoms with Crippen molar-refractivity contribution in [3.8, 4) is 0 Å². The van der Waals surface area contributed by atoms with E-state index < -0.39 is 0 Å². The van der Waals surface area contributed by atoms with Crippen LogP contribution in [0.4, 0.5) is 0 Å². The molecule has 0 aliphatic carbocycles. The van der Waals surface area contributed by atoms with Crippen molar-refractivity contribution in [3.63, 3.8) is 0 Å². The minimum atomic E-state index is 0.825. The van der Waals surface area contributed by atoms with Crippen molar-refractivity contribution in [2.75, 3.05) is 26.2 Å². The molecule has 0 aromatic heterocycles. The molecule has 0 unspecified atom stereocenters. The Hall–Kier alpha value is -0.385. The zero-order valence-corrected chi connectivity index (χ0v) is 5.84. The molecule has 0 amide bonds. The van der Waals surface area contributed by atoms with Crippen LogP contribution in [0.3, 0.4) is 0 Å². The molecule has 2 N–H and O–H groups in total. The maximum Gasteiger partial charge on any atom is 0.293 e. The first kappa shape index (κ1) is 7.72. The second-order valence-electron chi connectivity index (χ2n) is 2.17. The average molecular weight is 140 g/mol. The number of nitrogens with one attached hydrogen (secondary N) is 2.